The highest BCUT2D eigenvalue weighted by Gasteiger charge is 2.19. The third-order valence-electron chi connectivity index (χ3n) is 2.44. The first-order chi connectivity index (χ1) is 9.17. The zero-order valence-corrected chi connectivity index (χ0v) is 12.6. The van der Waals surface area contributed by atoms with E-state index in [-0.39, 0.29) is 5.69 Å². The van der Waals surface area contributed by atoms with Crippen molar-refractivity contribution in [1.29, 1.82) is 0 Å². The minimum Gasteiger partial charge on any atom is -0.496 e. The number of nitrogens with one attached hydrogen (secondary N) is 1. The topological polar surface area (TPSA) is 77.1 Å². The number of hydrogen-bond donors (Lipinski definition) is 1. The second kappa shape index (κ2) is 6.00. The largest absolute Gasteiger partial charge is 0.496 e. The molecule has 0 saturated heterocycles. The Labute approximate surface area is 123 Å². The first kappa shape index (κ1) is 13.8. The summed E-state index contributed by atoms with van der Waals surface area (Å²) < 4.78 is 11.2. The Hall–Kier alpha value is -1.64. The molecule has 0 amide bonds. The molecule has 1 aromatic carbocycles. The van der Waals surface area contributed by atoms with Crippen LogP contribution in [0.4, 0.5) is 0 Å². The van der Waals surface area contributed by atoms with Gasteiger partial charge in [0.2, 0.25) is 0 Å². The SMILES string of the molecule is CCOC(=O)c1n[nH]nc1-c1ccc(I)c(OC)c1. The highest BCUT2D eigenvalue weighted by atomic mass is 127. The molecule has 19 heavy (non-hydrogen) atoms. The Morgan fingerprint density at radius 3 is 2.89 bits per heavy atom. The van der Waals surface area contributed by atoms with Crippen molar-refractivity contribution in [3.63, 3.8) is 0 Å². The fraction of sp³-hybridized carbons (Fsp3) is 0.250. The van der Waals surface area contributed by atoms with Gasteiger partial charge in [0, 0.05) is 5.56 Å². The van der Waals surface area contributed by atoms with Gasteiger partial charge < -0.3 is 9.47 Å². The molecule has 2 rings (SSSR count). The average molecular weight is 373 g/mol. The van der Waals surface area contributed by atoms with Gasteiger partial charge in [-0.1, -0.05) is 6.07 Å². The smallest absolute Gasteiger partial charge is 0.361 e. The van der Waals surface area contributed by atoms with Crippen LogP contribution in [0.5, 0.6) is 5.75 Å². The molecular weight excluding hydrogens is 361 g/mol. The normalized spacial score (nSPS) is 10.3. The number of rotatable bonds is 4. The van der Waals surface area contributed by atoms with E-state index in [4.69, 9.17) is 9.47 Å². The predicted octanol–water partition coefficient (Wildman–Crippen LogP) is 2.26. The van der Waals surface area contributed by atoms with Gasteiger partial charge in [-0.25, -0.2) is 4.79 Å². The molecule has 0 saturated carbocycles. The number of nitrogens with zero attached hydrogens (tertiary/aromatic N) is 2. The molecule has 0 aliphatic rings. The van der Waals surface area contributed by atoms with Crippen LogP contribution in [-0.4, -0.2) is 35.1 Å². The summed E-state index contributed by atoms with van der Waals surface area (Å²) in [6.45, 7) is 2.03. The van der Waals surface area contributed by atoms with Crippen molar-refractivity contribution in [3.05, 3.63) is 27.5 Å². The fourth-order valence-electron chi connectivity index (χ4n) is 1.58. The molecule has 1 N–H and O–H groups in total. The van der Waals surface area contributed by atoms with Crippen LogP contribution in [0.25, 0.3) is 11.3 Å². The van der Waals surface area contributed by atoms with Crippen LogP contribution in [0.2, 0.25) is 0 Å². The van der Waals surface area contributed by atoms with Gasteiger partial charge in [-0.3, -0.25) is 0 Å². The maximum absolute atomic E-state index is 11.7. The Balaban J connectivity index is 2.42. The number of methoxy groups -OCH3 is 1. The Bertz CT molecular complexity index is 598. The van der Waals surface area contributed by atoms with Crippen molar-refractivity contribution < 1.29 is 14.3 Å². The van der Waals surface area contributed by atoms with E-state index < -0.39 is 5.97 Å². The number of carbonyl (C=O) groups excluding carboxylic acids is 1. The highest BCUT2D eigenvalue weighted by Crippen LogP contribution is 2.28. The second-order valence-corrected chi connectivity index (χ2v) is 4.75. The number of esters is 1. The van der Waals surface area contributed by atoms with E-state index in [0.29, 0.717) is 12.3 Å². The van der Waals surface area contributed by atoms with Crippen molar-refractivity contribution in [3.8, 4) is 17.0 Å². The lowest BCUT2D eigenvalue weighted by Crippen LogP contribution is -2.06. The molecule has 2 aromatic rings. The number of hydrogen-bond acceptors (Lipinski definition) is 5. The summed E-state index contributed by atoms with van der Waals surface area (Å²) in [6.07, 6.45) is 0. The van der Waals surface area contributed by atoms with Gasteiger partial charge in [0.05, 0.1) is 17.3 Å². The lowest BCUT2D eigenvalue weighted by molar-refractivity contribution is 0.0520. The van der Waals surface area contributed by atoms with E-state index in [1.807, 2.05) is 18.2 Å². The third-order valence-corrected chi connectivity index (χ3v) is 3.33. The second-order valence-electron chi connectivity index (χ2n) is 3.59. The predicted molar refractivity (Wildman–Crippen MR) is 77.0 cm³/mol. The molecular formula is C12H12IN3O3. The summed E-state index contributed by atoms with van der Waals surface area (Å²) in [5.74, 6) is 0.222. The first-order valence-electron chi connectivity index (χ1n) is 5.59. The van der Waals surface area contributed by atoms with Gasteiger partial charge in [0.25, 0.3) is 0 Å². The van der Waals surface area contributed by atoms with E-state index in [2.05, 4.69) is 38.0 Å². The summed E-state index contributed by atoms with van der Waals surface area (Å²) in [6, 6.07) is 5.55. The minimum absolute atomic E-state index is 0.171. The van der Waals surface area contributed by atoms with Gasteiger partial charge in [0.1, 0.15) is 11.4 Å². The van der Waals surface area contributed by atoms with Crippen LogP contribution in [-0.2, 0) is 4.74 Å². The molecule has 0 bridgehead atoms. The molecule has 0 aliphatic carbocycles. The molecule has 0 radical (unpaired) electrons. The zero-order valence-electron chi connectivity index (χ0n) is 10.4. The van der Waals surface area contributed by atoms with Crippen LogP contribution < -0.4 is 4.74 Å². The quantitative estimate of drug-likeness (QED) is 0.657. The van der Waals surface area contributed by atoms with Crippen LogP contribution in [0, 0.1) is 3.57 Å². The molecule has 0 fully saturated rings. The fourth-order valence-corrected chi connectivity index (χ4v) is 2.14. The summed E-state index contributed by atoms with van der Waals surface area (Å²) >= 11 is 2.17. The minimum atomic E-state index is -0.497. The lowest BCUT2D eigenvalue weighted by atomic mass is 10.1. The number of benzene rings is 1. The molecule has 6 nitrogen and oxygen atoms in total. The molecule has 0 spiro atoms. The van der Waals surface area contributed by atoms with Gasteiger partial charge in [-0.15, -0.1) is 5.10 Å². The number of H-pyrrole nitrogens is 1. The first-order valence-corrected chi connectivity index (χ1v) is 6.67. The van der Waals surface area contributed by atoms with E-state index in [9.17, 15) is 4.79 Å². The number of aromatic nitrogens is 3. The Morgan fingerprint density at radius 1 is 1.42 bits per heavy atom. The van der Waals surface area contributed by atoms with Gasteiger partial charge in [-0.2, -0.15) is 10.3 Å². The molecule has 0 unspecified atom stereocenters. The highest BCUT2D eigenvalue weighted by molar-refractivity contribution is 14.1. The number of carbonyl (C=O) groups is 1. The summed E-state index contributed by atoms with van der Waals surface area (Å²) in [5, 5.41) is 10.3. The van der Waals surface area contributed by atoms with Gasteiger partial charge in [-0.05, 0) is 41.6 Å². The van der Waals surface area contributed by atoms with Crippen LogP contribution in [0.15, 0.2) is 18.2 Å². The van der Waals surface area contributed by atoms with Crippen molar-refractivity contribution in [2.24, 2.45) is 0 Å². The monoisotopic (exact) mass is 373 g/mol. The molecule has 0 aliphatic heterocycles. The molecule has 0 atom stereocenters. The maximum atomic E-state index is 11.7. The number of halogens is 1. The van der Waals surface area contributed by atoms with Crippen LogP contribution >= 0.6 is 22.6 Å². The third kappa shape index (κ3) is 2.86. The summed E-state index contributed by atoms with van der Waals surface area (Å²) in [5.41, 5.74) is 1.37. The maximum Gasteiger partial charge on any atom is 0.361 e. The van der Waals surface area contributed by atoms with Gasteiger partial charge >= 0.3 is 5.97 Å². The summed E-state index contributed by atoms with van der Waals surface area (Å²) in [4.78, 5) is 11.7. The average Bonchev–Trinajstić information content (AvgIpc) is 2.89. The van der Waals surface area contributed by atoms with Crippen molar-refractivity contribution in [1.82, 2.24) is 15.4 Å². The van der Waals surface area contributed by atoms with Crippen molar-refractivity contribution in [2.75, 3.05) is 13.7 Å². The van der Waals surface area contributed by atoms with E-state index >= 15 is 0 Å². The molecule has 100 valence electrons. The molecule has 1 aromatic heterocycles. The summed E-state index contributed by atoms with van der Waals surface area (Å²) in [7, 11) is 1.59. The van der Waals surface area contributed by atoms with Gasteiger partial charge in [0.15, 0.2) is 5.69 Å². The molecule has 7 heteroatoms. The van der Waals surface area contributed by atoms with E-state index in [1.165, 1.54) is 0 Å². The Morgan fingerprint density at radius 2 is 2.21 bits per heavy atom. The van der Waals surface area contributed by atoms with E-state index in [0.717, 1.165) is 14.9 Å². The van der Waals surface area contributed by atoms with Crippen molar-refractivity contribution in [2.45, 2.75) is 6.92 Å². The van der Waals surface area contributed by atoms with Crippen molar-refractivity contribution >= 4 is 28.6 Å². The zero-order chi connectivity index (χ0) is 13.8. The van der Waals surface area contributed by atoms with Crippen LogP contribution in [0.3, 0.4) is 0 Å². The van der Waals surface area contributed by atoms with E-state index in [1.54, 1.807) is 14.0 Å². The van der Waals surface area contributed by atoms with Crippen LogP contribution in [0.1, 0.15) is 17.4 Å². The lowest BCUT2D eigenvalue weighted by Gasteiger charge is -2.06. The Kier molecular flexibility index (Phi) is 4.35. The molecule has 1 heterocycles. The number of ether oxygens (including phenoxy) is 2. The number of aromatic amines is 1. The standard InChI is InChI=1S/C12H12IN3O3/c1-3-19-12(17)11-10(14-16-15-11)7-4-5-8(13)9(6-7)18-2/h4-6H,3H2,1-2H3,(H,14,15,16).